The summed E-state index contributed by atoms with van der Waals surface area (Å²) in [5, 5.41) is 3.09. The summed E-state index contributed by atoms with van der Waals surface area (Å²) in [6.07, 6.45) is 3.03. The molecule has 1 aliphatic heterocycles. The van der Waals surface area contributed by atoms with Gasteiger partial charge in [-0.25, -0.2) is 13.1 Å². The fourth-order valence-electron chi connectivity index (χ4n) is 2.98. The number of likely N-dealkylation sites (N-methyl/N-ethyl adjacent to an activating group) is 1. The highest BCUT2D eigenvalue weighted by atomic mass is 127. The van der Waals surface area contributed by atoms with Gasteiger partial charge in [0.05, 0.1) is 18.4 Å². The molecule has 0 saturated carbocycles. The molecule has 0 aromatic heterocycles. The van der Waals surface area contributed by atoms with E-state index in [9.17, 15) is 8.42 Å². The lowest BCUT2D eigenvalue weighted by molar-refractivity contribution is 0.0200. The van der Waals surface area contributed by atoms with Gasteiger partial charge in [-0.05, 0) is 38.3 Å². The van der Waals surface area contributed by atoms with Crippen molar-refractivity contribution in [3.05, 3.63) is 29.8 Å². The van der Waals surface area contributed by atoms with E-state index >= 15 is 0 Å². The van der Waals surface area contributed by atoms with Gasteiger partial charge in [-0.3, -0.25) is 4.99 Å². The van der Waals surface area contributed by atoms with Crippen molar-refractivity contribution in [1.29, 1.82) is 0 Å². The number of rotatable bonds is 10. The van der Waals surface area contributed by atoms with Crippen LogP contribution in [0.1, 0.15) is 24.8 Å². The number of guanidine groups is 1. The molecule has 2 N–H and O–H groups in total. The van der Waals surface area contributed by atoms with Crippen LogP contribution >= 0.6 is 24.0 Å². The Labute approximate surface area is 197 Å². The normalized spacial score (nSPS) is 17.2. The molecule has 1 heterocycles. The maximum atomic E-state index is 12.2. The number of hydrogen-bond donors (Lipinski definition) is 2. The Bertz CT molecular complexity index is 738. The van der Waals surface area contributed by atoms with Crippen LogP contribution in [0.15, 0.2) is 29.3 Å². The Morgan fingerprint density at radius 2 is 2.03 bits per heavy atom. The van der Waals surface area contributed by atoms with Gasteiger partial charge in [0.1, 0.15) is 12.4 Å². The van der Waals surface area contributed by atoms with Crippen LogP contribution in [0.3, 0.4) is 0 Å². The molecule has 8 nitrogen and oxygen atoms in total. The first kappa shape index (κ1) is 26.9. The summed E-state index contributed by atoms with van der Waals surface area (Å²) in [7, 11) is 0.206. The fraction of sp³-hybridized carbons (Fsp3) is 0.650. The number of halogens is 1. The van der Waals surface area contributed by atoms with Crippen molar-refractivity contribution < 1.29 is 17.9 Å². The molecule has 1 aromatic carbocycles. The van der Waals surface area contributed by atoms with Gasteiger partial charge in [-0.1, -0.05) is 17.7 Å². The molecule has 2 rings (SSSR count). The first-order chi connectivity index (χ1) is 13.9. The Morgan fingerprint density at radius 1 is 1.30 bits per heavy atom. The Kier molecular flexibility index (Phi) is 12.6. The monoisotopic (exact) mass is 554 g/mol. The molecule has 0 radical (unpaired) electrons. The number of nitrogens with one attached hydrogen (secondary N) is 2. The number of ether oxygens (including phenoxy) is 2. The minimum Gasteiger partial charge on any atom is -0.492 e. The molecule has 0 amide bonds. The van der Waals surface area contributed by atoms with Crippen LogP contribution in [0.25, 0.3) is 0 Å². The van der Waals surface area contributed by atoms with Crippen LogP contribution < -0.4 is 14.8 Å². The van der Waals surface area contributed by atoms with Crippen molar-refractivity contribution in [1.82, 2.24) is 14.9 Å². The predicted octanol–water partition coefficient (Wildman–Crippen LogP) is 1.99. The molecular formula is C20H35IN4O4S. The standard InChI is InChI=1S/C20H34N4O4S.HI/c1-17-7-9-18(10-8-17)28-14-12-24(3)20(21-2)22-11-15-29(25,26)23-16-19-6-4-5-13-27-19;/h7-10,19,23H,4-6,11-16H2,1-3H3,(H,21,22);1H. The van der Waals surface area contributed by atoms with E-state index in [1.165, 1.54) is 5.56 Å². The Morgan fingerprint density at radius 3 is 2.67 bits per heavy atom. The summed E-state index contributed by atoms with van der Waals surface area (Å²) < 4.78 is 38.3. The van der Waals surface area contributed by atoms with E-state index in [0.717, 1.165) is 25.0 Å². The molecule has 172 valence electrons. The zero-order valence-corrected chi connectivity index (χ0v) is 21.2. The molecule has 1 fully saturated rings. The summed E-state index contributed by atoms with van der Waals surface area (Å²) in [6, 6.07) is 7.90. The van der Waals surface area contributed by atoms with Crippen molar-refractivity contribution in [2.75, 3.05) is 52.7 Å². The summed E-state index contributed by atoms with van der Waals surface area (Å²) >= 11 is 0. The predicted molar refractivity (Wildman–Crippen MR) is 131 cm³/mol. The summed E-state index contributed by atoms with van der Waals surface area (Å²) in [4.78, 5) is 6.11. The van der Waals surface area contributed by atoms with E-state index in [0.29, 0.717) is 32.3 Å². The van der Waals surface area contributed by atoms with Gasteiger partial charge >= 0.3 is 0 Å². The third-order valence-electron chi connectivity index (χ3n) is 4.75. The average molecular weight is 554 g/mol. The third-order valence-corrected chi connectivity index (χ3v) is 6.10. The van der Waals surface area contributed by atoms with Gasteiger partial charge in [0.2, 0.25) is 10.0 Å². The van der Waals surface area contributed by atoms with E-state index in [1.54, 1.807) is 7.05 Å². The third kappa shape index (κ3) is 10.3. The van der Waals surface area contributed by atoms with Gasteiger partial charge in [0.15, 0.2) is 5.96 Å². The maximum absolute atomic E-state index is 12.2. The van der Waals surface area contributed by atoms with Gasteiger partial charge in [0, 0.05) is 33.8 Å². The SMILES string of the molecule is CN=C(NCCS(=O)(=O)NCC1CCCCO1)N(C)CCOc1ccc(C)cc1.I. The molecular weight excluding hydrogens is 519 g/mol. The second-order valence-corrected chi connectivity index (χ2v) is 9.14. The smallest absolute Gasteiger partial charge is 0.213 e. The highest BCUT2D eigenvalue weighted by molar-refractivity contribution is 14.0. The molecule has 0 spiro atoms. The van der Waals surface area contributed by atoms with Crippen molar-refractivity contribution in [2.24, 2.45) is 4.99 Å². The molecule has 10 heteroatoms. The Hall–Kier alpha value is -1.11. The van der Waals surface area contributed by atoms with E-state index in [2.05, 4.69) is 15.0 Å². The maximum Gasteiger partial charge on any atom is 0.213 e. The van der Waals surface area contributed by atoms with Crippen molar-refractivity contribution in [3.63, 3.8) is 0 Å². The summed E-state index contributed by atoms with van der Waals surface area (Å²) in [6.45, 7) is 4.49. The average Bonchev–Trinajstić information content (AvgIpc) is 2.72. The number of hydrogen-bond acceptors (Lipinski definition) is 5. The molecule has 1 aliphatic rings. The highest BCUT2D eigenvalue weighted by Gasteiger charge is 2.18. The van der Waals surface area contributed by atoms with Crippen molar-refractivity contribution >= 4 is 40.0 Å². The second kappa shape index (κ2) is 14.0. The number of sulfonamides is 1. The van der Waals surface area contributed by atoms with Crippen LogP contribution in [0.4, 0.5) is 0 Å². The van der Waals surface area contributed by atoms with E-state index in [4.69, 9.17) is 9.47 Å². The second-order valence-electron chi connectivity index (χ2n) is 7.21. The van der Waals surface area contributed by atoms with Crippen LogP contribution in [0.2, 0.25) is 0 Å². The molecule has 0 aliphatic carbocycles. The lowest BCUT2D eigenvalue weighted by Gasteiger charge is -2.23. The minimum absolute atomic E-state index is 0. The quantitative estimate of drug-likeness (QED) is 0.261. The van der Waals surface area contributed by atoms with Gasteiger partial charge in [-0.2, -0.15) is 0 Å². The van der Waals surface area contributed by atoms with Gasteiger partial charge < -0.3 is 19.7 Å². The van der Waals surface area contributed by atoms with Crippen molar-refractivity contribution in [2.45, 2.75) is 32.3 Å². The minimum atomic E-state index is -3.36. The molecule has 1 aromatic rings. The van der Waals surface area contributed by atoms with Gasteiger partial charge in [0.25, 0.3) is 0 Å². The number of nitrogens with zero attached hydrogens (tertiary/aromatic N) is 2. The molecule has 0 bridgehead atoms. The number of aryl methyl sites for hydroxylation is 1. The first-order valence-electron chi connectivity index (χ1n) is 10.1. The van der Waals surface area contributed by atoms with Crippen LogP contribution in [0.5, 0.6) is 5.75 Å². The molecule has 1 unspecified atom stereocenters. The topological polar surface area (TPSA) is 92.3 Å². The summed E-state index contributed by atoms with van der Waals surface area (Å²) in [5.41, 5.74) is 1.19. The van der Waals surface area contributed by atoms with Gasteiger partial charge in [-0.15, -0.1) is 24.0 Å². The largest absolute Gasteiger partial charge is 0.492 e. The highest BCUT2D eigenvalue weighted by Crippen LogP contribution is 2.12. The Balaban J connectivity index is 0.00000450. The zero-order chi connectivity index (χ0) is 21.1. The van der Waals surface area contributed by atoms with Crippen LogP contribution in [-0.4, -0.2) is 78.1 Å². The molecule has 1 atom stereocenters. The molecule has 30 heavy (non-hydrogen) atoms. The number of aliphatic imine (C=N–C) groups is 1. The van der Waals surface area contributed by atoms with Crippen LogP contribution in [-0.2, 0) is 14.8 Å². The summed E-state index contributed by atoms with van der Waals surface area (Å²) in [5.74, 6) is 1.43. The lowest BCUT2D eigenvalue weighted by Crippen LogP contribution is -2.44. The van der Waals surface area contributed by atoms with Crippen LogP contribution in [0, 0.1) is 6.92 Å². The van der Waals surface area contributed by atoms with E-state index in [-0.39, 0.29) is 42.4 Å². The number of benzene rings is 1. The van der Waals surface area contributed by atoms with Crippen molar-refractivity contribution in [3.8, 4) is 5.75 Å². The lowest BCUT2D eigenvalue weighted by atomic mass is 10.1. The fourth-order valence-corrected chi connectivity index (χ4v) is 3.94. The molecule has 1 saturated heterocycles. The zero-order valence-electron chi connectivity index (χ0n) is 18.1. The van der Waals surface area contributed by atoms with E-state index < -0.39 is 10.0 Å². The first-order valence-corrected chi connectivity index (χ1v) is 11.7. The van der Waals surface area contributed by atoms with E-state index in [1.807, 2.05) is 43.1 Å².